The maximum atomic E-state index is 12.5. The molecule has 11 heteroatoms. The summed E-state index contributed by atoms with van der Waals surface area (Å²) in [5.74, 6) is -0.0775. The van der Waals surface area contributed by atoms with E-state index in [0.29, 0.717) is 28.1 Å². The highest BCUT2D eigenvalue weighted by molar-refractivity contribution is 7.99. The van der Waals surface area contributed by atoms with Crippen molar-refractivity contribution in [2.75, 3.05) is 11.1 Å². The minimum Gasteiger partial charge on any atom is -0.323 e. The Bertz CT molecular complexity index is 1100. The highest BCUT2D eigenvalue weighted by atomic mass is 35.5. The molecule has 0 unspecified atom stereocenters. The Morgan fingerprint density at radius 1 is 1.17 bits per heavy atom. The van der Waals surface area contributed by atoms with Gasteiger partial charge in [-0.1, -0.05) is 53.7 Å². The molecule has 0 aliphatic rings. The Morgan fingerprint density at radius 2 is 2.03 bits per heavy atom. The molecule has 2 aromatic heterocycles. The van der Waals surface area contributed by atoms with Gasteiger partial charge in [0.05, 0.1) is 23.7 Å². The first-order valence-corrected chi connectivity index (χ1v) is 9.93. The van der Waals surface area contributed by atoms with Crippen molar-refractivity contribution in [3.8, 4) is 5.69 Å². The van der Waals surface area contributed by atoms with E-state index in [1.807, 2.05) is 30.3 Å². The average molecular weight is 427 g/mol. The molecule has 0 aliphatic heterocycles. The largest absolute Gasteiger partial charge is 0.323 e. The smallest absolute Gasteiger partial charge is 0.234 e. The van der Waals surface area contributed by atoms with Gasteiger partial charge in [-0.15, -0.1) is 5.10 Å². The molecule has 0 spiro atoms. The summed E-state index contributed by atoms with van der Waals surface area (Å²) in [5.41, 5.74) is 2.28. The molecule has 4 rings (SSSR count). The molecule has 0 saturated carbocycles. The standard InChI is InChI=1S/C18H15ClN8OS/c19-14-6-7-16(27-12-20-11-21-27)15(8-14)22-17(28)10-29-18-23-24-25-26(18)9-13-4-2-1-3-5-13/h1-8,11-12H,9-10H2,(H,22,28). The van der Waals surface area contributed by atoms with Crippen LogP contribution in [0.15, 0.2) is 66.3 Å². The molecular formula is C18H15ClN8OS. The van der Waals surface area contributed by atoms with E-state index < -0.39 is 0 Å². The first kappa shape index (κ1) is 19.1. The van der Waals surface area contributed by atoms with Crippen LogP contribution >= 0.6 is 23.4 Å². The van der Waals surface area contributed by atoms with Gasteiger partial charge in [0.1, 0.15) is 12.7 Å². The Kier molecular flexibility index (Phi) is 5.82. The van der Waals surface area contributed by atoms with E-state index in [-0.39, 0.29) is 11.7 Å². The molecule has 1 amide bonds. The molecule has 0 atom stereocenters. The van der Waals surface area contributed by atoms with E-state index in [0.717, 1.165) is 5.56 Å². The summed E-state index contributed by atoms with van der Waals surface area (Å²) >= 11 is 7.34. The van der Waals surface area contributed by atoms with E-state index in [1.54, 1.807) is 33.9 Å². The van der Waals surface area contributed by atoms with Crippen LogP contribution in [0.4, 0.5) is 5.69 Å². The van der Waals surface area contributed by atoms with Crippen molar-refractivity contribution in [3.63, 3.8) is 0 Å². The van der Waals surface area contributed by atoms with Crippen LogP contribution in [0.25, 0.3) is 5.69 Å². The van der Waals surface area contributed by atoms with Gasteiger partial charge >= 0.3 is 0 Å². The van der Waals surface area contributed by atoms with Gasteiger partial charge in [0.2, 0.25) is 11.1 Å². The van der Waals surface area contributed by atoms with Gasteiger partial charge in [0, 0.05) is 5.02 Å². The third-order valence-corrected chi connectivity index (χ3v) is 5.10. The highest BCUT2D eigenvalue weighted by Gasteiger charge is 2.13. The lowest BCUT2D eigenvalue weighted by molar-refractivity contribution is -0.113. The lowest BCUT2D eigenvalue weighted by Gasteiger charge is -2.11. The molecule has 0 aliphatic carbocycles. The average Bonchev–Trinajstić information content (AvgIpc) is 3.40. The van der Waals surface area contributed by atoms with Crippen LogP contribution in [-0.4, -0.2) is 46.6 Å². The molecular weight excluding hydrogens is 412 g/mol. The second kappa shape index (κ2) is 8.84. The van der Waals surface area contributed by atoms with Gasteiger partial charge in [0.15, 0.2) is 0 Å². The number of rotatable bonds is 7. The molecule has 9 nitrogen and oxygen atoms in total. The summed E-state index contributed by atoms with van der Waals surface area (Å²) in [5, 5.41) is 19.7. The predicted molar refractivity (Wildman–Crippen MR) is 109 cm³/mol. The van der Waals surface area contributed by atoms with Crippen LogP contribution in [0.3, 0.4) is 0 Å². The SMILES string of the molecule is O=C(CSc1nnnn1Cc1ccccc1)Nc1cc(Cl)ccc1-n1cncn1. The third-order valence-electron chi connectivity index (χ3n) is 3.90. The summed E-state index contributed by atoms with van der Waals surface area (Å²) in [6.45, 7) is 0.530. The van der Waals surface area contributed by atoms with E-state index in [4.69, 9.17) is 11.6 Å². The Hall–Kier alpha value is -3.24. The zero-order valence-electron chi connectivity index (χ0n) is 15.0. The molecule has 1 N–H and O–H groups in total. The van der Waals surface area contributed by atoms with E-state index in [1.165, 1.54) is 18.1 Å². The molecule has 2 heterocycles. The van der Waals surface area contributed by atoms with Gasteiger partial charge in [0.25, 0.3) is 0 Å². The monoisotopic (exact) mass is 426 g/mol. The summed E-state index contributed by atoms with van der Waals surface area (Å²) in [7, 11) is 0. The number of hydrogen-bond donors (Lipinski definition) is 1. The number of anilines is 1. The molecule has 4 aromatic rings. The highest BCUT2D eigenvalue weighted by Crippen LogP contribution is 2.24. The Labute approximate surface area is 175 Å². The molecule has 29 heavy (non-hydrogen) atoms. The van der Waals surface area contributed by atoms with Crippen LogP contribution < -0.4 is 5.32 Å². The minimum atomic E-state index is -0.215. The predicted octanol–water partition coefficient (Wildman–Crippen LogP) is 2.69. The van der Waals surface area contributed by atoms with Crippen molar-refractivity contribution in [2.45, 2.75) is 11.7 Å². The van der Waals surface area contributed by atoms with Crippen LogP contribution in [0.5, 0.6) is 0 Å². The van der Waals surface area contributed by atoms with Crippen molar-refractivity contribution >= 4 is 35.0 Å². The van der Waals surface area contributed by atoms with Crippen molar-refractivity contribution in [3.05, 3.63) is 71.8 Å². The van der Waals surface area contributed by atoms with Gasteiger partial charge in [-0.2, -0.15) is 5.10 Å². The number of carbonyl (C=O) groups is 1. The number of halogens is 1. The first-order chi connectivity index (χ1) is 14.2. The number of carbonyl (C=O) groups excluding carboxylic acids is 1. The minimum absolute atomic E-state index is 0.137. The number of thioether (sulfide) groups is 1. The summed E-state index contributed by atoms with van der Waals surface area (Å²) in [6.07, 6.45) is 2.97. The molecule has 0 radical (unpaired) electrons. The Morgan fingerprint density at radius 3 is 2.83 bits per heavy atom. The zero-order chi connectivity index (χ0) is 20.1. The second-order valence-electron chi connectivity index (χ2n) is 5.94. The molecule has 0 fully saturated rings. The summed E-state index contributed by atoms with van der Waals surface area (Å²) in [4.78, 5) is 16.4. The van der Waals surface area contributed by atoms with E-state index >= 15 is 0 Å². The normalized spacial score (nSPS) is 10.8. The number of aromatic nitrogens is 7. The lowest BCUT2D eigenvalue weighted by Crippen LogP contribution is -2.16. The quantitative estimate of drug-likeness (QED) is 0.453. The third kappa shape index (κ3) is 4.79. The van der Waals surface area contributed by atoms with Gasteiger partial charge < -0.3 is 5.32 Å². The molecule has 2 aromatic carbocycles. The molecule has 146 valence electrons. The van der Waals surface area contributed by atoms with Gasteiger partial charge in [-0.05, 0) is 34.2 Å². The molecule has 0 saturated heterocycles. The maximum Gasteiger partial charge on any atom is 0.234 e. The van der Waals surface area contributed by atoms with Crippen LogP contribution in [0.2, 0.25) is 5.02 Å². The number of tetrazole rings is 1. The number of benzene rings is 2. The van der Waals surface area contributed by atoms with Crippen molar-refractivity contribution in [1.82, 2.24) is 35.0 Å². The Balaban J connectivity index is 1.42. The zero-order valence-corrected chi connectivity index (χ0v) is 16.6. The fraction of sp³-hybridized carbons (Fsp3) is 0.111. The van der Waals surface area contributed by atoms with Gasteiger partial charge in [-0.25, -0.2) is 14.3 Å². The number of hydrogen-bond acceptors (Lipinski definition) is 7. The van der Waals surface area contributed by atoms with Crippen molar-refractivity contribution in [2.24, 2.45) is 0 Å². The van der Waals surface area contributed by atoms with E-state index in [9.17, 15) is 4.79 Å². The number of nitrogens with zero attached hydrogens (tertiary/aromatic N) is 7. The van der Waals surface area contributed by atoms with Crippen molar-refractivity contribution < 1.29 is 4.79 Å². The first-order valence-electron chi connectivity index (χ1n) is 8.56. The topological polar surface area (TPSA) is 103 Å². The maximum absolute atomic E-state index is 12.5. The summed E-state index contributed by atoms with van der Waals surface area (Å²) < 4.78 is 3.22. The van der Waals surface area contributed by atoms with Gasteiger partial charge in [-0.3, -0.25) is 4.79 Å². The van der Waals surface area contributed by atoms with Crippen LogP contribution in [0, 0.1) is 0 Å². The van der Waals surface area contributed by atoms with Crippen molar-refractivity contribution in [1.29, 1.82) is 0 Å². The van der Waals surface area contributed by atoms with E-state index in [2.05, 4.69) is 30.9 Å². The number of nitrogens with one attached hydrogen (secondary N) is 1. The fourth-order valence-electron chi connectivity index (χ4n) is 2.61. The fourth-order valence-corrected chi connectivity index (χ4v) is 3.46. The molecule has 0 bridgehead atoms. The second-order valence-corrected chi connectivity index (χ2v) is 7.32. The lowest BCUT2D eigenvalue weighted by atomic mass is 10.2. The number of amides is 1. The van der Waals surface area contributed by atoms with Crippen LogP contribution in [-0.2, 0) is 11.3 Å². The van der Waals surface area contributed by atoms with Crippen LogP contribution in [0.1, 0.15) is 5.56 Å². The summed E-state index contributed by atoms with van der Waals surface area (Å²) in [6, 6.07) is 15.0.